The molecule has 0 amide bonds. The summed E-state index contributed by atoms with van der Waals surface area (Å²) < 4.78 is 8.17. The number of imidazole rings is 1. The number of hydrogen-bond acceptors (Lipinski definition) is 3. The smallest absolute Gasteiger partial charge is 0.191 e. The Balaban J connectivity index is 1.49. The summed E-state index contributed by atoms with van der Waals surface area (Å²) in [6.07, 6.45) is 3.86. The van der Waals surface area contributed by atoms with E-state index in [4.69, 9.17) is 4.74 Å². The zero-order valence-electron chi connectivity index (χ0n) is 18.2. The molecule has 2 aromatic carbocycles. The van der Waals surface area contributed by atoms with Crippen molar-refractivity contribution >= 4 is 5.96 Å². The highest BCUT2D eigenvalue weighted by Crippen LogP contribution is 2.17. The normalized spacial score (nSPS) is 12.5. The molecule has 3 rings (SSSR count). The fourth-order valence-corrected chi connectivity index (χ4v) is 3.20. The molecule has 0 aliphatic rings. The van der Waals surface area contributed by atoms with Gasteiger partial charge in [-0.2, -0.15) is 0 Å². The molecule has 3 aromatic rings. The third-order valence-electron chi connectivity index (χ3n) is 4.93. The lowest BCUT2D eigenvalue weighted by Crippen LogP contribution is -2.41. The number of rotatable bonds is 8. The van der Waals surface area contributed by atoms with E-state index in [9.17, 15) is 0 Å². The minimum absolute atomic E-state index is 0.0198. The molecule has 0 saturated heterocycles. The van der Waals surface area contributed by atoms with Crippen molar-refractivity contribution in [2.24, 2.45) is 4.99 Å². The van der Waals surface area contributed by atoms with Gasteiger partial charge < -0.3 is 19.9 Å². The lowest BCUT2D eigenvalue weighted by atomic mass is 10.1. The van der Waals surface area contributed by atoms with E-state index in [1.165, 1.54) is 11.1 Å². The van der Waals surface area contributed by atoms with E-state index in [0.29, 0.717) is 13.1 Å². The minimum Gasteiger partial charge on any atom is -0.489 e. The van der Waals surface area contributed by atoms with Crippen LogP contribution in [0.3, 0.4) is 0 Å². The molecule has 6 nitrogen and oxygen atoms in total. The number of guanidine groups is 1. The monoisotopic (exact) mass is 405 g/mol. The highest BCUT2D eigenvalue weighted by Gasteiger charge is 2.08. The van der Waals surface area contributed by atoms with E-state index in [0.717, 1.165) is 29.6 Å². The molecule has 6 heteroatoms. The van der Waals surface area contributed by atoms with Gasteiger partial charge in [-0.15, -0.1) is 0 Å². The number of benzene rings is 2. The van der Waals surface area contributed by atoms with Gasteiger partial charge in [0.1, 0.15) is 17.7 Å². The lowest BCUT2D eigenvalue weighted by Gasteiger charge is -2.19. The summed E-state index contributed by atoms with van der Waals surface area (Å²) in [4.78, 5) is 8.61. The number of aryl methyl sites for hydroxylation is 2. The topological polar surface area (TPSA) is 63.5 Å². The molecule has 0 radical (unpaired) electrons. The van der Waals surface area contributed by atoms with Crippen LogP contribution in [-0.2, 0) is 13.1 Å². The molecule has 1 heterocycles. The van der Waals surface area contributed by atoms with Crippen molar-refractivity contribution < 1.29 is 4.74 Å². The van der Waals surface area contributed by atoms with Gasteiger partial charge in [0.15, 0.2) is 5.96 Å². The number of ether oxygens (including phenoxy) is 1. The van der Waals surface area contributed by atoms with Crippen LogP contribution < -0.4 is 15.4 Å². The largest absolute Gasteiger partial charge is 0.489 e. The van der Waals surface area contributed by atoms with E-state index >= 15 is 0 Å². The van der Waals surface area contributed by atoms with Gasteiger partial charge in [-0.05, 0) is 43.5 Å². The molecule has 0 fully saturated rings. The third kappa shape index (κ3) is 6.11. The Morgan fingerprint density at radius 2 is 1.90 bits per heavy atom. The summed E-state index contributed by atoms with van der Waals surface area (Å²) in [5.41, 5.74) is 3.59. The second kappa shape index (κ2) is 10.5. The molecule has 0 saturated carbocycles. The molecular formula is C24H31N5O. The number of hydrogen-bond donors (Lipinski definition) is 2. The van der Waals surface area contributed by atoms with Gasteiger partial charge in [0.2, 0.25) is 0 Å². The summed E-state index contributed by atoms with van der Waals surface area (Å²) in [6, 6.07) is 16.6. The molecule has 0 aliphatic heterocycles. The standard InChI is InChI=1S/C24H31N5O/c1-18-8-5-6-11-23(18)30-19(2)15-27-24(25-4)28-16-21-9-7-10-22(14-21)17-29-13-12-26-20(29)3/h5-14,19H,15-17H2,1-4H3,(H2,25,27,28). The van der Waals surface area contributed by atoms with Gasteiger partial charge in [0, 0.05) is 32.5 Å². The zero-order valence-corrected chi connectivity index (χ0v) is 18.2. The predicted molar refractivity (Wildman–Crippen MR) is 122 cm³/mol. The van der Waals surface area contributed by atoms with Gasteiger partial charge in [-0.25, -0.2) is 4.98 Å². The molecule has 0 aliphatic carbocycles. The number of nitrogens with zero attached hydrogens (tertiary/aromatic N) is 3. The molecule has 1 aromatic heterocycles. The fraction of sp³-hybridized carbons (Fsp3) is 0.333. The second-order valence-corrected chi connectivity index (χ2v) is 7.42. The Morgan fingerprint density at radius 3 is 2.63 bits per heavy atom. The van der Waals surface area contributed by atoms with Crippen LogP contribution in [-0.4, -0.2) is 35.2 Å². The molecule has 30 heavy (non-hydrogen) atoms. The fourth-order valence-electron chi connectivity index (χ4n) is 3.20. The zero-order chi connectivity index (χ0) is 21.3. The Hall–Kier alpha value is -3.28. The van der Waals surface area contributed by atoms with Crippen LogP contribution in [0.1, 0.15) is 29.4 Å². The van der Waals surface area contributed by atoms with Gasteiger partial charge in [-0.1, -0.05) is 42.5 Å². The van der Waals surface area contributed by atoms with E-state index in [1.54, 1.807) is 7.05 Å². The van der Waals surface area contributed by atoms with Gasteiger partial charge >= 0.3 is 0 Å². The highest BCUT2D eigenvalue weighted by atomic mass is 16.5. The number of aromatic nitrogens is 2. The molecule has 0 bridgehead atoms. The molecule has 2 N–H and O–H groups in total. The molecule has 0 spiro atoms. The molecular weight excluding hydrogens is 374 g/mol. The van der Waals surface area contributed by atoms with Crippen LogP contribution in [0.2, 0.25) is 0 Å². The Morgan fingerprint density at radius 1 is 1.10 bits per heavy atom. The van der Waals surface area contributed by atoms with Gasteiger partial charge in [0.05, 0.1) is 6.54 Å². The van der Waals surface area contributed by atoms with Crippen molar-refractivity contribution in [3.05, 3.63) is 83.4 Å². The van der Waals surface area contributed by atoms with Crippen molar-refractivity contribution in [3.63, 3.8) is 0 Å². The number of para-hydroxylation sites is 1. The first kappa shape index (κ1) is 21.4. The maximum atomic E-state index is 6.03. The number of aliphatic imine (C=N–C) groups is 1. The number of nitrogens with one attached hydrogen (secondary N) is 2. The lowest BCUT2D eigenvalue weighted by molar-refractivity contribution is 0.222. The van der Waals surface area contributed by atoms with E-state index in [2.05, 4.69) is 62.4 Å². The quantitative estimate of drug-likeness (QED) is 0.443. The first-order valence-electron chi connectivity index (χ1n) is 10.3. The van der Waals surface area contributed by atoms with Crippen molar-refractivity contribution in [1.82, 2.24) is 20.2 Å². The van der Waals surface area contributed by atoms with Crippen LogP contribution in [0.5, 0.6) is 5.75 Å². The molecule has 158 valence electrons. The second-order valence-electron chi connectivity index (χ2n) is 7.42. The van der Waals surface area contributed by atoms with Crippen LogP contribution >= 0.6 is 0 Å². The summed E-state index contributed by atoms with van der Waals surface area (Å²) >= 11 is 0. The summed E-state index contributed by atoms with van der Waals surface area (Å²) in [5.74, 6) is 2.69. The van der Waals surface area contributed by atoms with Gasteiger partial charge in [0.25, 0.3) is 0 Å². The maximum Gasteiger partial charge on any atom is 0.191 e. The highest BCUT2D eigenvalue weighted by molar-refractivity contribution is 5.79. The summed E-state index contributed by atoms with van der Waals surface area (Å²) in [7, 11) is 1.78. The maximum absolute atomic E-state index is 6.03. The molecule has 1 atom stereocenters. The Kier molecular flexibility index (Phi) is 7.49. The van der Waals surface area contributed by atoms with E-state index < -0.39 is 0 Å². The predicted octanol–water partition coefficient (Wildman–Crippen LogP) is 3.68. The molecule has 1 unspecified atom stereocenters. The first-order valence-corrected chi connectivity index (χ1v) is 10.3. The van der Waals surface area contributed by atoms with E-state index in [-0.39, 0.29) is 6.10 Å². The van der Waals surface area contributed by atoms with Crippen molar-refractivity contribution in [2.75, 3.05) is 13.6 Å². The average molecular weight is 406 g/mol. The van der Waals surface area contributed by atoms with Crippen molar-refractivity contribution in [3.8, 4) is 5.75 Å². The van der Waals surface area contributed by atoms with Crippen LogP contribution in [0.25, 0.3) is 0 Å². The van der Waals surface area contributed by atoms with Crippen molar-refractivity contribution in [1.29, 1.82) is 0 Å². The van der Waals surface area contributed by atoms with Crippen LogP contribution in [0.15, 0.2) is 65.9 Å². The van der Waals surface area contributed by atoms with Crippen molar-refractivity contribution in [2.45, 2.75) is 40.0 Å². The summed E-state index contributed by atoms with van der Waals surface area (Å²) in [6.45, 7) is 8.30. The van der Waals surface area contributed by atoms with Crippen LogP contribution in [0.4, 0.5) is 0 Å². The minimum atomic E-state index is 0.0198. The Bertz CT molecular complexity index is 979. The van der Waals surface area contributed by atoms with Crippen LogP contribution in [0, 0.1) is 13.8 Å². The third-order valence-corrected chi connectivity index (χ3v) is 4.93. The van der Waals surface area contributed by atoms with E-state index in [1.807, 2.05) is 44.4 Å². The SMILES string of the molecule is CN=C(NCc1cccc(Cn2ccnc2C)c1)NCC(C)Oc1ccccc1C. The average Bonchev–Trinajstić information content (AvgIpc) is 3.14. The first-order chi connectivity index (χ1) is 14.5. The Labute approximate surface area is 179 Å². The summed E-state index contributed by atoms with van der Waals surface area (Å²) in [5, 5.41) is 6.72. The van der Waals surface area contributed by atoms with Gasteiger partial charge in [-0.3, -0.25) is 4.99 Å².